The number of aryl methyl sites for hydroxylation is 1. The Hall–Kier alpha value is -2.96. The number of halogens is 5. The molecule has 0 fully saturated rings. The van der Waals surface area contributed by atoms with Crippen LogP contribution in [-0.4, -0.2) is 44.6 Å². The van der Waals surface area contributed by atoms with Crippen LogP contribution in [0.4, 0.5) is 29.2 Å². The number of hydrogen-bond acceptors (Lipinski definition) is 6. The minimum Gasteiger partial charge on any atom is -0.404 e. The zero-order valence-corrected chi connectivity index (χ0v) is 14.4. The van der Waals surface area contributed by atoms with Crippen LogP contribution in [-0.2, 0) is 11.8 Å². The predicted octanol–water partition coefficient (Wildman–Crippen LogP) is 2.31. The van der Waals surface area contributed by atoms with Crippen LogP contribution in [0.2, 0.25) is 5.02 Å². The van der Waals surface area contributed by atoms with Crippen molar-refractivity contribution < 1.29 is 31.9 Å². The molecule has 2 rings (SSSR count). The third-order valence-corrected chi connectivity index (χ3v) is 3.42. The normalized spacial score (nSPS) is 12.4. The highest BCUT2D eigenvalue weighted by molar-refractivity contribution is 6.37. The van der Waals surface area contributed by atoms with Gasteiger partial charge in [-0.2, -0.15) is 0 Å². The summed E-state index contributed by atoms with van der Waals surface area (Å²) in [6.45, 7) is 0.866. The Morgan fingerprint density at radius 1 is 1.30 bits per heavy atom. The summed E-state index contributed by atoms with van der Waals surface area (Å²) >= 11 is 5.96. The highest BCUT2D eigenvalue weighted by Gasteiger charge is 2.34. The molecular formula is C13H11ClF4N6O3. The highest BCUT2D eigenvalue weighted by Crippen LogP contribution is 2.38. The molecule has 0 aliphatic rings. The number of alkyl halides is 4. The van der Waals surface area contributed by atoms with Gasteiger partial charge < -0.3 is 10.1 Å². The average Bonchev–Trinajstić information content (AvgIpc) is 2.94. The number of hydrogen-bond donors (Lipinski definition) is 2. The molecule has 146 valence electrons. The first kappa shape index (κ1) is 20.4. The van der Waals surface area contributed by atoms with E-state index < -0.39 is 40.8 Å². The van der Waals surface area contributed by atoms with Crippen LogP contribution in [0.3, 0.4) is 0 Å². The number of aromatic nitrogens is 4. The van der Waals surface area contributed by atoms with Crippen molar-refractivity contribution in [2.75, 3.05) is 10.6 Å². The van der Waals surface area contributed by atoms with Gasteiger partial charge in [-0.15, -0.1) is 13.2 Å². The van der Waals surface area contributed by atoms with Gasteiger partial charge in [0, 0.05) is 7.05 Å². The van der Waals surface area contributed by atoms with Crippen molar-refractivity contribution in [2.45, 2.75) is 19.5 Å². The number of carbonyl (C=O) groups is 2. The zero-order valence-electron chi connectivity index (χ0n) is 13.6. The van der Waals surface area contributed by atoms with Gasteiger partial charge in [-0.05, 0) is 29.5 Å². The van der Waals surface area contributed by atoms with Crippen molar-refractivity contribution in [3.05, 3.63) is 22.7 Å². The molecule has 0 radical (unpaired) electrons. The lowest BCUT2D eigenvalue weighted by atomic mass is 10.1. The van der Waals surface area contributed by atoms with Crippen LogP contribution in [0.5, 0.6) is 5.75 Å². The van der Waals surface area contributed by atoms with Crippen molar-refractivity contribution in [3.8, 4) is 5.75 Å². The second-order valence-corrected chi connectivity index (χ2v) is 5.41. The first-order valence-corrected chi connectivity index (χ1v) is 7.44. The molecule has 1 heterocycles. The molecule has 27 heavy (non-hydrogen) atoms. The van der Waals surface area contributed by atoms with Gasteiger partial charge in [0.15, 0.2) is 11.9 Å². The molecule has 2 N–H and O–H groups in total. The summed E-state index contributed by atoms with van der Waals surface area (Å²) < 4.78 is 55.6. The molecule has 14 heteroatoms. The Balaban J connectivity index is 2.43. The molecule has 0 aliphatic heterocycles. The molecule has 2 aromatic rings. The van der Waals surface area contributed by atoms with Crippen LogP contribution in [0.25, 0.3) is 0 Å². The van der Waals surface area contributed by atoms with E-state index in [2.05, 4.69) is 25.6 Å². The van der Waals surface area contributed by atoms with Crippen LogP contribution in [0, 0.1) is 0 Å². The second kappa shape index (κ2) is 7.73. The number of carbonyl (C=O) groups excluding carboxylic acids is 2. The lowest BCUT2D eigenvalue weighted by molar-refractivity contribution is -0.274. The van der Waals surface area contributed by atoms with Crippen LogP contribution in [0.1, 0.15) is 17.3 Å². The van der Waals surface area contributed by atoms with E-state index in [1.165, 1.54) is 7.05 Å². The van der Waals surface area contributed by atoms with Crippen LogP contribution >= 0.6 is 11.6 Å². The maximum atomic E-state index is 13.1. The van der Waals surface area contributed by atoms with E-state index in [1.807, 2.05) is 5.32 Å². The van der Waals surface area contributed by atoms with Crippen LogP contribution in [0.15, 0.2) is 12.1 Å². The maximum absolute atomic E-state index is 13.1. The lowest BCUT2D eigenvalue weighted by Gasteiger charge is -2.17. The number of anilines is 2. The van der Waals surface area contributed by atoms with Gasteiger partial charge in [0.25, 0.3) is 11.8 Å². The van der Waals surface area contributed by atoms with E-state index in [-0.39, 0.29) is 11.5 Å². The van der Waals surface area contributed by atoms with E-state index in [4.69, 9.17) is 11.6 Å². The first-order valence-electron chi connectivity index (χ1n) is 7.06. The molecule has 0 spiro atoms. The molecule has 0 bridgehead atoms. The summed E-state index contributed by atoms with van der Waals surface area (Å²) in [6.07, 6.45) is -7.17. The molecule has 1 aromatic carbocycles. The SMILES string of the molecule is CC(F)C(=O)Nc1c(OC(F)(F)F)ccc(C(=O)Nc2nnnn2C)c1Cl. The number of ether oxygens (including phenoxy) is 1. The van der Waals surface area contributed by atoms with Crippen molar-refractivity contribution in [3.63, 3.8) is 0 Å². The van der Waals surface area contributed by atoms with E-state index >= 15 is 0 Å². The Labute approximate surface area is 153 Å². The number of tetrazole rings is 1. The van der Waals surface area contributed by atoms with E-state index in [9.17, 15) is 27.2 Å². The number of rotatable bonds is 5. The summed E-state index contributed by atoms with van der Waals surface area (Å²) in [5, 5.41) is 13.8. The molecule has 0 saturated heterocycles. The quantitative estimate of drug-likeness (QED) is 0.732. The molecule has 1 aromatic heterocycles. The summed E-state index contributed by atoms with van der Waals surface area (Å²) in [4.78, 5) is 23.9. The van der Waals surface area contributed by atoms with Gasteiger partial charge in [-0.25, -0.2) is 9.07 Å². The fourth-order valence-electron chi connectivity index (χ4n) is 1.79. The largest absolute Gasteiger partial charge is 0.573 e. The standard InChI is InChI=1S/C13H11ClF4N6O3/c1-5(15)10(25)19-9-7(27-13(16,17)18)4-3-6(8(9)14)11(26)20-12-21-22-23-24(12)2/h3-5H,1-2H3,(H,19,25)(H,20,21,23,26). The number of nitrogens with zero attached hydrogens (tertiary/aromatic N) is 4. The van der Waals surface area contributed by atoms with Gasteiger partial charge >= 0.3 is 6.36 Å². The maximum Gasteiger partial charge on any atom is 0.573 e. The van der Waals surface area contributed by atoms with Gasteiger partial charge in [0.1, 0.15) is 5.69 Å². The molecular weight excluding hydrogens is 400 g/mol. The monoisotopic (exact) mass is 410 g/mol. The van der Waals surface area contributed by atoms with Crippen molar-refractivity contribution in [1.82, 2.24) is 20.2 Å². The summed E-state index contributed by atoms with van der Waals surface area (Å²) in [7, 11) is 1.42. The summed E-state index contributed by atoms with van der Waals surface area (Å²) in [5.74, 6) is -3.16. The third kappa shape index (κ3) is 5.03. The zero-order chi connectivity index (χ0) is 20.4. The average molecular weight is 411 g/mol. The van der Waals surface area contributed by atoms with Gasteiger partial charge in [0.05, 0.1) is 10.6 Å². The topological polar surface area (TPSA) is 111 Å². The fourth-order valence-corrected chi connectivity index (χ4v) is 2.08. The minimum absolute atomic E-state index is 0.0744. The highest BCUT2D eigenvalue weighted by atomic mass is 35.5. The van der Waals surface area contributed by atoms with E-state index in [1.54, 1.807) is 0 Å². The first-order chi connectivity index (χ1) is 12.5. The van der Waals surface area contributed by atoms with Crippen molar-refractivity contribution in [1.29, 1.82) is 0 Å². The molecule has 1 atom stereocenters. The smallest absolute Gasteiger partial charge is 0.404 e. The molecule has 0 aliphatic carbocycles. The fraction of sp³-hybridized carbons (Fsp3) is 0.308. The lowest BCUT2D eigenvalue weighted by Crippen LogP contribution is -2.24. The van der Waals surface area contributed by atoms with Crippen molar-refractivity contribution >= 4 is 35.1 Å². The Bertz CT molecular complexity index is 870. The van der Waals surface area contributed by atoms with E-state index in [0.29, 0.717) is 0 Å². The number of benzene rings is 1. The summed E-state index contributed by atoms with van der Waals surface area (Å²) in [5.41, 5.74) is -1.05. The Morgan fingerprint density at radius 3 is 2.48 bits per heavy atom. The minimum atomic E-state index is -5.11. The summed E-state index contributed by atoms with van der Waals surface area (Å²) in [6, 6.07) is 1.68. The molecule has 9 nitrogen and oxygen atoms in total. The van der Waals surface area contributed by atoms with E-state index in [0.717, 1.165) is 23.7 Å². The van der Waals surface area contributed by atoms with Crippen LogP contribution < -0.4 is 15.4 Å². The number of nitrogens with one attached hydrogen (secondary N) is 2. The Morgan fingerprint density at radius 2 is 1.96 bits per heavy atom. The molecule has 0 saturated carbocycles. The van der Waals surface area contributed by atoms with Crippen molar-refractivity contribution in [2.24, 2.45) is 7.05 Å². The predicted molar refractivity (Wildman–Crippen MR) is 84.1 cm³/mol. The van der Waals surface area contributed by atoms with Gasteiger partial charge in [-0.1, -0.05) is 16.7 Å². The third-order valence-electron chi connectivity index (χ3n) is 3.03. The molecule has 1 unspecified atom stereocenters. The molecule has 2 amide bonds. The second-order valence-electron chi connectivity index (χ2n) is 5.03. The van der Waals surface area contributed by atoms with Gasteiger partial charge in [-0.3, -0.25) is 14.9 Å². The number of amides is 2. The van der Waals surface area contributed by atoms with Gasteiger partial charge in [0.2, 0.25) is 5.95 Å². The Kier molecular flexibility index (Phi) is 5.83.